The van der Waals surface area contributed by atoms with Crippen molar-refractivity contribution in [3.8, 4) is 0 Å². The maximum atomic E-state index is 12.4. The molecule has 1 atom stereocenters. The molecule has 0 N–H and O–H groups in total. The van der Waals surface area contributed by atoms with Crippen LogP contribution in [0.2, 0.25) is 0 Å². The van der Waals surface area contributed by atoms with Gasteiger partial charge in [-0.3, -0.25) is 0 Å². The van der Waals surface area contributed by atoms with E-state index < -0.39 is 10.0 Å². The Bertz CT molecular complexity index is 633. The minimum Gasteiger partial charge on any atom is -0.355 e. The smallest absolute Gasteiger partial charge is 0.217 e. The highest BCUT2D eigenvalue weighted by Crippen LogP contribution is 2.33. The lowest BCUT2D eigenvalue weighted by molar-refractivity contribution is 0.319. The number of hydrogen-bond acceptors (Lipinski definition) is 6. The molecule has 1 saturated carbocycles. The third-order valence-corrected chi connectivity index (χ3v) is 7.36. The molecule has 22 heavy (non-hydrogen) atoms. The van der Waals surface area contributed by atoms with Crippen LogP contribution in [0.3, 0.4) is 0 Å². The number of anilines is 1. The van der Waals surface area contributed by atoms with Crippen molar-refractivity contribution >= 4 is 27.6 Å². The van der Waals surface area contributed by atoms with E-state index in [1.54, 1.807) is 17.5 Å². The van der Waals surface area contributed by atoms with Crippen LogP contribution in [-0.2, 0) is 10.0 Å². The van der Waals surface area contributed by atoms with Crippen LogP contribution in [-0.4, -0.2) is 60.4 Å². The zero-order valence-electron chi connectivity index (χ0n) is 13.0. The molecule has 0 amide bonds. The first-order chi connectivity index (χ1) is 10.5. The first-order valence-corrected chi connectivity index (χ1v) is 10.3. The van der Waals surface area contributed by atoms with Gasteiger partial charge in [0.2, 0.25) is 10.0 Å². The van der Waals surface area contributed by atoms with Gasteiger partial charge in [-0.1, -0.05) is 11.8 Å². The first kappa shape index (κ1) is 16.0. The van der Waals surface area contributed by atoms with E-state index in [-0.39, 0.29) is 11.3 Å². The average molecular weight is 342 g/mol. The number of hydrogen-bond donors (Lipinski definition) is 0. The molecule has 0 spiro atoms. The van der Waals surface area contributed by atoms with Crippen molar-refractivity contribution in [1.29, 1.82) is 0 Å². The van der Waals surface area contributed by atoms with Crippen molar-refractivity contribution in [3.63, 3.8) is 0 Å². The van der Waals surface area contributed by atoms with Crippen LogP contribution in [0.4, 0.5) is 5.82 Å². The predicted molar refractivity (Wildman–Crippen MR) is 88.8 cm³/mol. The van der Waals surface area contributed by atoms with Crippen molar-refractivity contribution in [2.45, 2.75) is 42.1 Å². The van der Waals surface area contributed by atoms with Crippen LogP contribution < -0.4 is 4.90 Å². The zero-order valence-corrected chi connectivity index (χ0v) is 14.6. The Morgan fingerprint density at radius 2 is 2.14 bits per heavy atom. The molecule has 1 aliphatic heterocycles. The SMILES string of the molecule is CSc1nccc(N2CCCC(N(C)S(=O)(=O)C3CC3)C2)n1. The van der Waals surface area contributed by atoms with Gasteiger partial charge in [-0.25, -0.2) is 18.4 Å². The van der Waals surface area contributed by atoms with Crippen molar-refractivity contribution in [3.05, 3.63) is 12.3 Å². The van der Waals surface area contributed by atoms with E-state index in [0.29, 0.717) is 6.54 Å². The van der Waals surface area contributed by atoms with Crippen LogP contribution in [0, 0.1) is 0 Å². The summed E-state index contributed by atoms with van der Waals surface area (Å²) >= 11 is 1.52. The van der Waals surface area contributed by atoms with Crippen LogP contribution in [0.15, 0.2) is 17.4 Å². The molecule has 3 rings (SSSR count). The Balaban J connectivity index is 1.73. The first-order valence-electron chi connectivity index (χ1n) is 7.61. The average Bonchev–Trinajstić information content (AvgIpc) is 3.39. The van der Waals surface area contributed by atoms with E-state index in [0.717, 1.165) is 43.2 Å². The molecule has 1 aromatic rings. The lowest BCUT2D eigenvalue weighted by Gasteiger charge is -2.37. The summed E-state index contributed by atoms with van der Waals surface area (Å²) in [6, 6.07) is 1.93. The van der Waals surface area contributed by atoms with Crippen molar-refractivity contribution in [2.24, 2.45) is 0 Å². The minimum absolute atomic E-state index is 0.0343. The number of rotatable bonds is 5. The van der Waals surface area contributed by atoms with Crippen LogP contribution in [0.5, 0.6) is 0 Å². The molecule has 122 valence electrons. The van der Waals surface area contributed by atoms with E-state index in [2.05, 4.69) is 14.9 Å². The molecule has 8 heteroatoms. The number of sulfonamides is 1. The van der Waals surface area contributed by atoms with Gasteiger partial charge in [0.1, 0.15) is 5.82 Å². The predicted octanol–water partition coefficient (Wildman–Crippen LogP) is 1.59. The summed E-state index contributed by atoms with van der Waals surface area (Å²) in [6.07, 6.45) is 7.24. The molecular formula is C14H22N4O2S2. The van der Waals surface area contributed by atoms with Gasteiger partial charge in [-0.2, -0.15) is 4.31 Å². The second-order valence-electron chi connectivity index (χ2n) is 5.90. The molecule has 1 aliphatic carbocycles. The fourth-order valence-electron chi connectivity index (χ4n) is 2.87. The summed E-state index contributed by atoms with van der Waals surface area (Å²) in [6.45, 7) is 1.62. The molecule has 2 fully saturated rings. The van der Waals surface area contributed by atoms with Crippen LogP contribution in [0.25, 0.3) is 0 Å². The molecule has 1 unspecified atom stereocenters. The van der Waals surface area contributed by atoms with Crippen molar-refractivity contribution < 1.29 is 8.42 Å². The number of piperidine rings is 1. The molecule has 0 radical (unpaired) electrons. The zero-order chi connectivity index (χ0) is 15.7. The second-order valence-corrected chi connectivity index (χ2v) is 8.95. The van der Waals surface area contributed by atoms with Gasteiger partial charge in [0, 0.05) is 32.4 Å². The highest BCUT2D eigenvalue weighted by Gasteiger charge is 2.41. The molecule has 1 saturated heterocycles. The number of nitrogens with zero attached hydrogens (tertiary/aromatic N) is 4. The summed E-state index contributed by atoms with van der Waals surface area (Å²) in [5.74, 6) is 0.890. The Morgan fingerprint density at radius 3 is 2.82 bits per heavy atom. The van der Waals surface area contributed by atoms with Gasteiger partial charge in [-0.15, -0.1) is 0 Å². The molecule has 2 aliphatic rings. The lowest BCUT2D eigenvalue weighted by Crippen LogP contribution is -2.49. The van der Waals surface area contributed by atoms with E-state index in [9.17, 15) is 8.42 Å². The Morgan fingerprint density at radius 1 is 1.36 bits per heavy atom. The van der Waals surface area contributed by atoms with Gasteiger partial charge < -0.3 is 4.90 Å². The van der Waals surface area contributed by atoms with Crippen LogP contribution in [0.1, 0.15) is 25.7 Å². The summed E-state index contributed by atoms with van der Waals surface area (Å²) in [4.78, 5) is 10.9. The van der Waals surface area contributed by atoms with E-state index in [1.165, 1.54) is 11.8 Å². The topological polar surface area (TPSA) is 66.4 Å². The Hall–Kier alpha value is -0.860. The monoisotopic (exact) mass is 342 g/mol. The van der Waals surface area contributed by atoms with E-state index in [1.807, 2.05) is 12.3 Å². The van der Waals surface area contributed by atoms with Crippen molar-refractivity contribution in [2.75, 3.05) is 31.3 Å². The van der Waals surface area contributed by atoms with E-state index >= 15 is 0 Å². The number of aromatic nitrogens is 2. The minimum atomic E-state index is -3.11. The number of thioether (sulfide) groups is 1. The Labute approximate surface area is 136 Å². The molecule has 0 aromatic carbocycles. The van der Waals surface area contributed by atoms with Crippen molar-refractivity contribution in [1.82, 2.24) is 14.3 Å². The number of likely N-dealkylation sites (N-methyl/N-ethyl adjacent to an activating group) is 1. The molecule has 6 nitrogen and oxygen atoms in total. The summed E-state index contributed by atoms with van der Waals surface area (Å²) < 4.78 is 26.4. The molecule has 2 heterocycles. The summed E-state index contributed by atoms with van der Waals surface area (Å²) in [7, 11) is -1.38. The fraction of sp³-hybridized carbons (Fsp3) is 0.714. The third kappa shape index (κ3) is 3.23. The summed E-state index contributed by atoms with van der Waals surface area (Å²) in [5.41, 5.74) is 0. The second kappa shape index (κ2) is 6.33. The van der Waals surface area contributed by atoms with E-state index in [4.69, 9.17) is 0 Å². The fourth-order valence-corrected chi connectivity index (χ4v) is 5.02. The quantitative estimate of drug-likeness (QED) is 0.598. The van der Waals surface area contributed by atoms with Gasteiger partial charge in [0.15, 0.2) is 5.16 Å². The highest BCUT2D eigenvalue weighted by molar-refractivity contribution is 7.98. The maximum absolute atomic E-state index is 12.4. The van der Waals surface area contributed by atoms with Gasteiger partial charge >= 0.3 is 0 Å². The molecule has 0 bridgehead atoms. The lowest BCUT2D eigenvalue weighted by atomic mass is 10.1. The highest BCUT2D eigenvalue weighted by atomic mass is 32.2. The maximum Gasteiger partial charge on any atom is 0.217 e. The summed E-state index contributed by atoms with van der Waals surface area (Å²) in [5, 5.41) is 0.605. The molecular weight excluding hydrogens is 320 g/mol. The molecule has 1 aromatic heterocycles. The van der Waals surface area contributed by atoms with Gasteiger partial charge in [0.05, 0.1) is 5.25 Å². The standard InChI is InChI=1S/C14H22N4O2S2/c1-17(22(19,20)12-5-6-12)11-4-3-9-18(10-11)13-7-8-15-14(16-13)21-2/h7-8,11-12H,3-6,9-10H2,1-2H3. The normalized spacial score (nSPS) is 23.0. The Kier molecular flexibility index (Phi) is 4.61. The van der Waals surface area contributed by atoms with Gasteiger partial charge in [-0.05, 0) is 38.0 Å². The van der Waals surface area contributed by atoms with Gasteiger partial charge in [0.25, 0.3) is 0 Å². The van der Waals surface area contributed by atoms with Crippen LogP contribution >= 0.6 is 11.8 Å². The largest absolute Gasteiger partial charge is 0.355 e. The third-order valence-electron chi connectivity index (χ3n) is 4.38.